The van der Waals surface area contributed by atoms with Gasteiger partial charge in [-0.25, -0.2) is 9.97 Å². The fraction of sp³-hybridized carbons (Fsp3) is 0.400. The molecule has 2 aromatic heterocycles. The minimum Gasteiger partial charge on any atom is -0.467 e. The molecule has 1 aromatic carbocycles. The van der Waals surface area contributed by atoms with Gasteiger partial charge in [0.1, 0.15) is 5.58 Å². The predicted molar refractivity (Wildman–Crippen MR) is 98.1 cm³/mol. The van der Waals surface area contributed by atoms with E-state index in [2.05, 4.69) is 33.1 Å². The van der Waals surface area contributed by atoms with Gasteiger partial charge >= 0.3 is 6.01 Å². The number of nitrogens with zero attached hydrogens (tertiary/aromatic N) is 3. The number of aromatic nitrogens is 2. The largest absolute Gasteiger partial charge is 0.467 e. The highest BCUT2D eigenvalue weighted by atomic mass is 16.5. The smallest absolute Gasteiger partial charge is 0.316 e. The van der Waals surface area contributed by atoms with Crippen molar-refractivity contribution in [1.29, 1.82) is 0 Å². The number of benzene rings is 1. The summed E-state index contributed by atoms with van der Waals surface area (Å²) in [6.45, 7) is 4.26. The zero-order chi connectivity index (χ0) is 17.8. The summed E-state index contributed by atoms with van der Waals surface area (Å²) in [7, 11) is 1.58. The van der Waals surface area contributed by atoms with Crippen molar-refractivity contribution in [2.45, 2.75) is 13.0 Å². The molecule has 0 unspecified atom stereocenters. The van der Waals surface area contributed by atoms with E-state index in [1.54, 1.807) is 13.4 Å². The van der Waals surface area contributed by atoms with Gasteiger partial charge in [0.2, 0.25) is 0 Å². The molecule has 1 aliphatic heterocycles. The SMILES string of the molecule is COc1ncc(CN2CCOC[C@H](Cc3ccc4ccoc4c3)C2)cn1. The number of hydrogen-bond acceptors (Lipinski definition) is 6. The average molecular weight is 353 g/mol. The summed E-state index contributed by atoms with van der Waals surface area (Å²) in [5.41, 5.74) is 3.32. The lowest BCUT2D eigenvalue weighted by atomic mass is 9.99. The third-order valence-electron chi connectivity index (χ3n) is 4.74. The Morgan fingerprint density at radius 3 is 2.92 bits per heavy atom. The highest BCUT2D eigenvalue weighted by Gasteiger charge is 2.20. The lowest BCUT2D eigenvalue weighted by Gasteiger charge is -2.23. The minimum atomic E-state index is 0.402. The highest BCUT2D eigenvalue weighted by Crippen LogP contribution is 2.21. The Morgan fingerprint density at radius 2 is 2.08 bits per heavy atom. The first-order valence-corrected chi connectivity index (χ1v) is 8.91. The van der Waals surface area contributed by atoms with E-state index in [0.29, 0.717) is 11.9 Å². The Bertz CT molecular complexity index is 847. The van der Waals surface area contributed by atoms with Gasteiger partial charge in [-0.3, -0.25) is 4.90 Å². The van der Waals surface area contributed by atoms with Crippen molar-refractivity contribution in [3.8, 4) is 6.01 Å². The van der Waals surface area contributed by atoms with Crippen molar-refractivity contribution in [2.75, 3.05) is 33.4 Å². The van der Waals surface area contributed by atoms with Crippen molar-refractivity contribution >= 4 is 11.0 Å². The Balaban J connectivity index is 1.41. The maximum Gasteiger partial charge on any atom is 0.316 e. The molecular formula is C20H23N3O3. The fourth-order valence-electron chi connectivity index (χ4n) is 3.47. The van der Waals surface area contributed by atoms with Crippen molar-refractivity contribution in [1.82, 2.24) is 14.9 Å². The maximum absolute atomic E-state index is 5.84. The minimum absolute atomic E-state index is 0.402. The van der Waals surface area contributed by atoms with Gasteiger partial charge in [0, 0.05) is 43.0 Å². The monoisotopic (exact) mass is 353 g/mol. The zero-order valence-corrected chi connectivity index (χ0v) is 14.9. The van der Waals surface area contributed by atoms with Crippen LogP contribution in [0.4, 0.5) is 0 Å². The number of furan rings is 1. The van der Waals surface area contributed by atoms with Crippen molar-refractivity contribution in [3.63, 3.8) is 0 Å². The second-order valence-corrected chi connectivity index (χ2v) is 6.75. The summed E-state index contributed by atoms with van der Waals surface area (Å²) >= 11 is 0. The van der Waals surface area contributed by atoms with E-state index in [1.807, 2.05) is 18.5 Å². The molecule has 6 nitrogen and oxygen atoms in total. The number of hydrogen-bond donors (Lipinski definition) is 0. The number of ether oxygens (including phenoxy) is 2. The van der Waals surface area contributed by atoms with E-state index in [-0.39, 0.29) is 0 Å². The first-order chi connectivity index (χ1) is 12.8. The first kappa shape index (κ1) is 17.0. The second kappa shape index (κ2) is 7.85. The van der Waals surface area contributed by atoms with E-state index < -0.39 is 0 Å². The molecule has 0 bridgehead atoms. The molecular weight excluding hydrogens is 330 g/mol. The third kappa shape index (κ3) is 4.03. The van der Waals surface area contributed by atoms with Crippen LogP contribution >= 0.6 is 0 Å². The predicted octanol–water partition coefficient (Wildman–Crippen LogP) is 2.92. The lowest BCUT2D eigenvalue weighted by Crippen LogP contribution is -2.30. The lowest BCUT2D eigenvalue weighted by molar-refractivity contribution is 0.121. The summed E-state index contributed by atoms with van der Waals surface area (Å²) in [6, 6.07) is 8.84. The summed E-state index contributed by atoms with van der Waals surface area (Å²) < 4.78 is 16.4. The quantitative estimate of drug-likeness (QED) is 0.703. The Labute approximate surface area is 152 Å². The molecule has 3 aromatic rings. The molecule has 1 atom stereocenters. The Hall–Kier alpha value is -2.44. The number of methoxy groups -OCH3 is 1. The molecule has 0 spiro atoms. The maximum atomic E-state index is 5.84. The van der Waals surface area contributed by atoms with Gasteiger partial charge < -0.3 is 13.9 Å². The summed E-state index contributed by atoms with van der Waals surface area (Å²) in [5.74, 6) is 0.448. The molecule has 4 rings (SSSR count). The van der Waals surface area contributed by atoms with Crippen LogP contribution < -0.4 is 4.74 Å². The van der Waals surface area contributed by atoms with E-state index in [0.717, 1.165) is 55.8 Å². The zero-order valence-electron chi connectivity index (χ0n) is 14.9. The van der Waals surface area contributed by atoms with Gasteiger partial charge in [-0.1, -0.05) is 12.1 Å². The molecule has 136 valence electrons. The van der Waals surface area contributed by atoms with Crippen molar-refractivity contribution in [2.24, 2.45) is 5.92 Å². The van der Waals surface area contributed by atoms with Crippen LogP contribution in [0.2, 0.25) is 0 Å². The topological polar surface area (TPSA) is 60.6 Å². The molecule has 0 aliphatic carbocycles. The van der Waals surface area contributed by atoms with E-state index in [9.17, 15) is 0 Å². The van der Waals surface area contributed by atoms with Crippen LogP contribution in [0.25, 0.3) is 11.0 Å². The van der Waals surface area contributed by atoms with E-state index in [4.69, 9.17) is 13.9 Å². The van der Waals surface area contributed by atoms with Gasteiger partial charge in [-0.15, -0.1) is 0 Å². The Kier molecular flexibility index (Phi) is 5.13. The van der Waals surface area contributed by atoms with Crippen LogP contribution in [0.1, 0.15) is 11.1 Å². The molecule has 0 N–H and O–H groups in total. The number of fused-ring (bicyclic) bond motifs is 1. The fourth-order valence-corrected chi connectivity index (χ4v) is 3.47. The molecule has 1 aliphatic rings. The molecule has 0 radical (unpaired) electrons. The van der Waals surface area contributed by atoms with E-state index in [1.165, 1.54) is 5.56 Å². The third-order valence-corrected chi connectivity index (χ3v) is 4.74. The van der Waals surface area contributed by atoms with E-state index >= 15 is 0 Å². The first-order valence-electron chi connectivity index (χ1n) is 8.91. The molecule has 26 heavy (non-hydrogen) atoms. The number of rotatable bonds is 5. The normalized spacial score (nSPS) is 18.7. The van der Waals surface area contributed by atoms with Crippen molar-refractivity contribution in [3.05, 3.63) is 54.0 Å². The summed E-state index contributed by atoms with van der Waals surface area (Å²) in [6.07, 6.45) is 6.38. The molecule has 0 saturated carbocycles. The summed E-state index contributed by atoms with van der Waals surface area (Å²) in [4.78, 5) is 10.8. The average Bonchev–Trinajstić information content (AvgIpc) is 3.02. The summed E-state index contributed by atoms with van der Waals surface area (Å²) in [5, 5.41) is 1.15. The molecule has 1 fully saturated rings. The highest BCUT2D eigenvalue weighted by molar-refractivity contribution is 5.77. The van der Waals surface area contributed by atoms with Crippen LogP contribution in [0, 0.1) is 5.92 Å². The van der Waals surface area contributed by atoms with Gasteiger partial charge in [0.15, 0.2) is 0 Å². The molecule has 6 heteroatoms. The van der Waals surface area contributed by atoms with Crippen LogP contribution in [0.5, 0.6) is 6.01 Å². The van der Waals surface area contributed by atoms with Gasteiger partial charge in [-0.05, 0) is 30.0 Å². The van der Waals surface area contributed by atoms with Gasteiger partial charge in [0.25, 0.3) is 0 Å². The Morgan fingerprint density at radius 1 is 1.19 bits per heavy atom. The van der Waals surface area contributed by atoms with Crippen LogP contribution in [0.3, 0.4) is 0 Å². The van der Waals surface area contributed by atoms with Crippen LogP contribution in [-0.4, -0.2) is 48.3 Å². The van der Waals surface area contributed by atoms with Gasteiger partial charge in [-0.2, -0.15) is 0 Å². The van der Waals surface area contributed by atoms with Crippen LogP contribution in [0.15, 0.2) is 47.3 Å². The van der Waals surface area contributed by atoms with Crippen molar-refractivity contribution < 1.29 is 13.9 Å². The van der Waals surface area contributed by atoms with Gasteiger partial charge in [0.05, 0.1) is 26.6 Å². The van der Waals surface area contributed by atoms with Crippen LogP contribution in [-0.2, 0) is 17.7 Å². The second-order valence-electron chi connectivity index (χ2n) is 6.75. The molecule has 1 saturated heterocycles. The molecule has 3 heterocycles. The molecule has 0 amide bonds. The standard InChI is InChI=1S/C20H23N3O3/c1-24-20-21-10-17(11-22-20)13-23-5-7-25-14-16(12-23)8-15-2-3-18-4-6-26-19(18)9-15/h2-4,6,9-11,16H,5,7-8,12-14H2,1H3/t16-/m1/s1.